The molecule has 0 radical (unpaired) electrons. The first-order valence-electron chi connectivity index (χ1n) is 10.9. The molecule has 2 N–H and O–H groups in total. The van der Waals surface area contributed by atoms with Crippen molar-refractivity contribution in [3.05, 3.63) is 96.1 Å². The van der Waals surface area contributed by atoms with Gasteiger partial charge in [0.1, 0.15) is 0 Å². The highest BCUT2D eigenvalue weighted by atomic mass is 32.2. The van der Waals surface area contributed by atoms with Crippen molar-refractivity contribution in [2.75, 3.05) is 16.8 Å². The Bertz CT molecular complexity index is 1300. The fourth-order valence-corrected chi connectivity index (χ4v) is 7.14. The van der Waals surface area contributed by atoms with Gasteiger partial charge in [0.05, 0.1) is 16.4 Å². The quantitative estimate of drug-likeness (QED) is 0.495. The predicted molar refractivity (Wildman–Crippen MR) is 132 cm³/mol. The summed E-state index contributed by atoms with van der Waals surface area (Å²) in [5.74, 6) is -0.515. The minimum atomic E-state index is -3.86. The molecular weight excluding hydrogens is 472 g/mol. The molecular formula is C25H26N2O5S2. The van der Waals surface area contributed by atoms with Crippen molar-refractivity contribution in [1.29, 1.82) is 0 Å². The molecule has 1 saturated heterocycles. The van der Waals surface area contributed by atoms with Crippen molar-refractivity contribution in [2.24, 2.45) is 0 Å². The number of sulfonamides is 1. The zero-order chi connectivity index (χ0) is 24.2. The van der Waals surface area contributed by atoms with Gasteiger partial charge in [-0.2, -0.15) is 0 Å². The summed E-state index contributed by atoms with van der Waals surface area (Å²) in [6.45, 7) is 0. The first-order valence-corrected chi connectivity index (χ1v) is 14.2. The van der Waals surface area contributed by atoms with Crippen LogP contribution in [-0.2, 0) is 24.7 Å². The van der Waals surface area contributed by atoms with Gasteiger partial charge >= 0.3 is 0 Å². The monoisotopic (exact) mass is 498 g/mol. The van der Waals surface area contributed by atoms with Crippen molar-refractivity contribution >= 4 is 31.5 Å². The van der Waals surface area contributed by atoms with Crippen LogP contribution in [0.3, 0.4) is 0 Å². The molecule has 1 fully saturated rings. The first kappa shape index (κ1) is 24.1. The lowest BCUT2D eigenvalue weighted by molar-refractivity contribution is -0.116. The summed E-state index contributed by atoms with van der Waals surface area (Å²) >= 11 is 0. The molecule has 34 heavy (non-hydrogen) atoms. The van der Waals surface area contributed by atoms with Gasteiger partial charge in [0.2, 0.25) is 15.9 Å². The standard InChI is InChI=1S/C25H26N2O5S2/c28-25(17-24(19-7-3-1-4-8-19)20-9-5-2-6-10-20)26-21-11-13-23(14-12-21)34(31,32)27-22-15-16-33(29,30)18-22/h1-14,22,24,27H,15-18H2,(H,26,28). The lowest BCUT2D eigenvalue weighted by Crippen LogP contribution is -2.35. The number of hydrogen-bond acceptors (Lipinski definition) is 5. The second kappa shape index (κ2) is 10.1. The second-order valence-electron chi connectivity index (χ2n) is 8.37. The SMILES string of the molecule is O=C(CC(c1ccccc1)c1ccccc1)Nc1ccc(S(=O)(=O)NC2CCS(=O)(=O)C2)cc1. The van der Waals surface area contributed by atoms with Crippen molar-refractivity contribution in [2.45, 2.75) is 29.7 Å². The highest BCUT2D eigenvalue weighted by Gasteiger charge is 2.31. The molecule has 1 aliphatic heterocycles. The summed E-state index contributed by atoms with van der Waals surface area (Å²) in [7, 11) is -7.05. The van der Waals surface area contributed by atoms with Gasteiger partial charge in [0, 0.05) is 24.1 Å². The molecule has 0 spiro atoms. The number of hydrogen-bond donors (Lipinski definition) is 2. The minimum absolute atomic E-state index is 0.0150. The summed E-state index contributed by atoms with van der Waals surface area (Å²) in [5.41, 5.74) is 2.54. The van der Waals surface area contributed by atoms with Crippen LogP contribution in [-0.4, -0.2) is 40.3 Å². The van der Waals surface area contributed by atoms with E-state index in [0.717, 1.165) is 11.1 Å². The predicted octanol–water partition coefficient (Wildman–Crippen LogP) is 3.31. The molecule has 0 aromatic heterocycles. The van der Waals surface area contributed by atoms with Gasteiger partial charge in [0.15, 0.2) is 9.84 Å². The fraction of sp³-hybridized carbons (Fsp3) is 0.240. The minimum Gasteiger partial charge on any atom is -0.326 e. The number of rotatable bonds is 8. The van der Waals surface area contributed by atoms with E-state index >= 15 is 0 Å². The van der Waals surface area contributed by atoms with Crippen molar-refractivity contribution in [3.63, 3.8) is 0 Å². The molecule has 1 unspecified atom stereocenters. The van der Waals surface area contributed by atoms with E-state index in [9.17, 15) is 21.6 Å². The zero-order valence-electron chi connectivity index (χ0n) is 18.4. The van der Waals surface area contributed by atoms with Crippen LogP contribution in [0.1, 0.15) is 29.9 Å². The van der Waals surface area contributed by atoms with Crippen LogP contribution in [0.15, 0.2) is 89.8 Å². The van der Waals surface area contributed by atoms with E-state index in [4.69, 9.17) is 0 Å². The van der Waals surface area contributed by atoms with Crippen LogP contribution in [0, 0.1) is 0 Å². The molecule has 0 saturated carbocycles. The fourth-order valence-electron chi connectivity index (χ4n) is 4.09. The summed E-state index contributed by atoms with van der Waals surface area (Å²) < 4.78 is 50.8. The van der Waals surface area contributed by atoms with E-state index < -0.39 is 25.9 Å². The van der Waals surface area contributed by atoms with Crippen LogP contribution < -0.4 is 10.0 Å². The normalized spacial score (nSPS) is 17.5. The molecule has 1 atom stereocenters. The van der Waals surface area contributed by atoms with Crippen LogP contribution in [0.2, 0.25) is 0 Å². The Morgan fingerprint density at radius 3 is 1.94 bits per heavy atom. The van der Waals surface area contributed by atoms with E-state index in [2.05, 4.69) is 10.0 Å². The van der Waals surface area contributed by atoms with E-state index in [-0.39, 0.29) is 41.1 Å². The van der Waals surface area contributed by atoms with Gasteiger partial charge in [-0.3, -0.25) is 4.79 Å². The Hall–Kier alpha value is -3.01. The molecule has 7 nitrogen and oxygen atoms in total. The molecule has 0 aliphatic carbocycles. The Kier molecular flexibility index (Phi) is 7.16. The Morgan fingerprint density at radius 2 is 1.44 bits per heavy atom. The highest BCUT2D eigenvalue weighted by Crippen LogP contribution is 2.28. The van der Waals surface area contributed by atoms with Gasteiger partial charge in [-0.15, -0.1) is 0 Å². The highest BCUT2D eigenvalue weighted by molar-refractivity contribution is 7.92. The zero-order valence-corrected chi connectivity index (χ0v) is 20.1. The average Bonchev–Trinajstić information content (AvgIpc) is 3.16. The molecule has 1 amide bonds. The third-order valence-electron chi connectivity index (χ3n) is 5.80. The Morgan fingerprint density at radius 1 is 0.882 bits per heavy atom. The molecule has 3 aromatic carbocycles. The lowest BCUT2D eigenvalue weighted by Gasteiger charge is -2.18. The number of amides is 1. The van der Waals surface area contributed by atoms with Gasteiger partial charge in [-0.05, 0) is 41.8 Å². The van der Waals surface area contributed by atoms with Crippen LogP contribution in [0.25, 0.3) is 0 Å². The molecule has 1 heterocycles. The third-order valence-corrected chi connectivity index (χ3v) is 9.10. The second-order valence-corrected chi connectivity index (χ2v) is 12.3. The van der Waals surface area contributed by atoms with Crippen molar-refractivity contribution in [1.82, 2.24) is 4.72 Å². The number of nitrogens with one attached hydrogen (secondary N) is 2. The maximum atomic E-state index is 12.8. The largest absolute Gasteiger partial charge is 0.326 e. The van der Waals surface area contributed by atoms with Crippen LogP contribution in [0.4, 0.5) is 5.69 Å². The Labute approximate surface area is 200 Å². The summed E-state index contributed by atoms with van der Waals surface area (Å²) in [6.07, 6.45) is 0.492. The summed E-state index contributed by atoms with van der Waals surface area (Å²) in [6, 6.07) is 24.8. The maximum absolute atomic E-state index is 12.8. The molecule has 178 valence electrons. The smallest absolute Gasteiger partial charge is 0.240 e. The van der Waals surface area contributed by atoms with E-state index in [1.807, 2.05) is 60.7 Å². The average molecular weight is 499 g/mol. The van der Waals surface area contributed by atoms with E-state index in [1.54, 1.807) is 0 Å². The topological polar surface area (TPSA) is 109 Å². The van der Waals surface area contributed by atoms with Gasteiger partial charge in [-0.1, -0.05) is 60.7 Å². The molecule has 1 aliphatic rings. The van der Waals surface area contributed by atoms with Crippen molar-refractivity contribution in [3.8, 4) is 0 Å². The molecule has 4 rings (SSSR count). The van der Waals surface area contributed by atoms with E-state index in [0.29, 0.717) is 5.69 Å². The van der Waals surface area contributed by atoms with Gasteiger partial charge < -0.3 is 5.32 Å². The van der Waals surface area contributed by atoms with E-state index in [1.165, 1.54) is 24.3 Å². The first-order chi connectivity index (χ1) is 16.2. The van der Waals surface area contributed by atoms with Gasteiger partial charge in [-0.25, -0.2) is 21.6 Å². The van der Waals surface area contributed by atoms with Gasteiger partial charge in [0.25, 0.3) is 0 Å². The third kappa shape index (κ3) is 6.11. The number of carbonyl (C=O) groups excluding carboxylic acids is 1. The number of benzene rings is 3. The molecule has 9 heteroatoms. The number of anilines is 1. The molecule has 3 aromatic rings. The maximum Gasteiger partial charge on any atom is 0.240 e. The summed E-state index contributed by atoms with van der Waals surface area (Å²) in [5, 5.41) is 2.84. The molecule has 0 bridgehead atoms. The number of carbonyl (C=O) groups is 1. The van der Waals surface area contributed by atoms with Crippen LogP contribution in [0.5, 0.6) is 0 Å². The number of sulfone groups is 1. The van der Waals surface area contributed by atoms with Crippen molar-refractivity contribution < 1.29 is 21.6 Å². The summed E-state index contributed by atoms with van der Waals surface area (Å²) in [4.78, 5) is 12.9. The lowest BCUT2D eigenvalue weighted by atomic mass is 9.88. The van der Waals surface area contributed by atoms with Crippen LogP contribution >= 0.6 is 0 Å². The Balaban J connectivity index is 1.43.